The molecule has 1 aliphatic carbocycles. The number of ether oxygens (including phenoxy) is 1. The molecule has 0 bridgehead atoms. The maximum atomic E-state index is 12.6. The van der Waals surface area contributed by atoms with Crippen LogP contribution in [0.5, 0.6) is 0 Å². The highest BCUT2D eigenvalue weighted by Gasteiger charge is 2.32. The van der Waals surface area contributed by atoms with E-state index in [4.69, 9.17) is 4.74 Å². The smallest absolute Gasteiger partial charge is 0.261 e. The van der Waals surface area contributed by atoms with E-state index in [2.05, 4.69) is 15.6 Å². The van der Waals surface area contributed by atoms with Crippen LogP contribution in [-0.4, -0.2) is 44.2 Å². The fraction of sp³-hybridized carbons (Fsp3) is 0.684. The second-order valence-corrected chi connectivity index (χ2v) is 7.44. The minimum Gasteiger partial charge on any atom is -0.384 e. The van der Waals surface area contributed by atoms with Crippen LogP contribution in [0.3, 0.4) is 0 Å². The first-order valence-corrected chi connectivity index (χ1v) is 9.36. The van der Waals surface area contributed by atoms with Gasteiger partial charge in [0.1, 0.15) is 5.56 Å². The van der Waals surface area contributed by atoms with E-state index in [-0.39, 0.29) is 34.9 Å². The highest BCUT2D eigenvalue weighted by Crippen LogP contribution is 2.28. The van der Waals surface area contributed by atoms with E-state index in [9.17, 15) is 9.59 Å². The second-order valence-electron chi connectivity index (χ2n) is 7.44. The Kier molecular flexibility index (Phi) is 7.68. The second kappa shape index (κ2) is 9.53. The zero-order valence-electron chi connectivity index (χ0n) is 15.5. The molecule has 0 saturated carbocycles. The van der Waals surface area contributed by atoms with Crippen LogP contribution in [0.15, 0.2) is 10.9 Å². The van der Waals surface area contributed by atoms with Crippen molar-refractivity contribution in [1.82, 2.24) is 15.6 Å². The number of methoxy groups -OCH3 is 1. The van der Waals surface area contributed by atoms with Crippen molar-refractivity contribution in [3.8, 4) is 0 Å². The molecule has 2 heterocycles. The number of fused-ring (bicyclic) bond motifs is 1. The van der Waals surface area contributed by atoms with Gasteiger partial charge in [-0.05, 0) is 63.2 Å². The number of nitrogens with one attached hydrogen (secondary N) is 3. The first-order valence-electron chi connectivity index (χ1n) is 9.36. The predicted molar refractivity (Wildman–Crippen MR) is 104 cm³/mol. The van der Waals surface area contributed by atoms with E-state index in [0.29, 0.717) is 13.2 Å². The summed E-state index contributed by atoms with van der Waals surface area (Å²) < 4.78 is 5.39. The van der Waals surface area contributed by atoms with Gasteiger partial charge in [0, 0.05) is 24.8 Å². The van der Waals surface area contributed by atoms with E-state index >= 15 is 0 Å². The van der Waals surface area contributed by atoms with Gasteiger partial charge in [-0.15, -0.1) is 12.4 Å². The van der Waals surface area contributed by atoms with Crippen molar-refractivity contribution in [2.24, 2.45) is 5.41 Å². The number of carbonyl (C=O) groups excluding carboxylic acids is 1. The molecule has 1 saturated heterocycles. The lowest BCUT2D eigenvalue weighted by atomic mass is 9.79. The van der Waals surface area contributed by atoms with E-state index in [1.54, 1.807) is 13.2 Å². The number of carbonyl (C=O) groups is 1. The molecule has 0 spiro atoms. The van der Waals surface area contributed by atoms with Crippen LogP contribution in [0.1, 0.15) is 53.7 Å². The summed E-state index contributed by atoms with van der Waals surface area (Å²) in [6.07, 6.45) is 7.14. The van der Waals surface area contributed by atoms with Crippen molar-refractivity contribution in [1.29, 1.82) is 0 Å². The van der Waals surface area contributed by atoms with Gasteiger partial charge < -0.3 is 20.4 Å². The number of rotatable bonds is 5. The van der Waals surface area contributed by atoms with E-state index in [1.165, 1.54) is 6.42 Å². The Labute approximate surface area is 160 Å². The fourth-order valence-corrected chi connectivity index (χ4v) is 4.02. The largest absolute Gasteiger partial charge is 0.384 e. The Morgan fingerprint density at radius 1 is 1.23 bits per heavy atom. The summed E-state index contributed by atoms with van der Waals surface area (Å²) in [5.74, 6) is -0.276. The molecule has 146 valence electrons. The molecule has 0 atom stereocenters. The van der Waals surface area contributed by atoms with Crippen LogP contribution in [-0.2, 0) is 17.6 Å². The Morgan fingerprint density at radius 3 is 2.69 bits per heavy atom. The SMILES string of the molecule is COCC1(CNC(=O)c2cc3c([nH]c2=O)CCCCC3)CCNCC1.Cl. The minimum atomic E-state index is -0.276. The zero-order valence-corrected chi connectivity index (χ0v) is 16.3. The highest BCUT2D eigenvalue weighted by atomic mass is 35.5. The molecule has 26 heavy (non-hydrogen) atoms. The standard InChI is InChI=1S/C19H29N3O3.ClH/c1-25-13-19(7-9-20-10-8-19)12-21-17(23)15-11-14-5-3-2-4-6-16(14)22-18(15)24;/h11,20H,2-10,12-13H2,1H3,(H,21,23)(H,22,24);1H. The van der Waals surface area contributed by atoms with E-state index in [0.717, 1.165) is 62.9 Å². The minimum absolute atomic E-state index is 0. The van der Waals surface area contributed by atoms with Gasteiger partial charge in [0.25, 0.3) is 11.5 Å². The number of amides is 1. The monoisotopic (exact) mass is 383 g/mol. The number of hydrogen-bond donors (Lipinski definition) is 3. The first kappa shape index (κ1) is 20.9. The molecule has 1 fully saturated rings. The molecule has 3 rings (SSSR count). The molecular formula is C19H30ClN3O3. The van der Waals surface area contributed by atoms with Crippen LogP contribution >= 0.6 is 12.4 Å². The molecular weight excluding hydrogens is 354 g/mol. The Balaban J connectivity index is 0.00000243. The summed E-state index contributed by atoms with van der Waals surface area (Å²) in [5.41, 5.74) is 2.05. The number of aryl methyl sites for hydroxylation is 2. The number of hydrogen-bond acceptors (Lipinski definition) is 4. The van der Waals surface area contributed by atoms with Crippen molar-refractivity contribution in [2.45, 2.75) is 44.9 Å². The Hall–Kier alpha value is -1.37. The van der Waals surface area contributed by atoms with Gasteiger partial charge in [-0.3, -0.25) is 9.59 Å². The van der Waals surface area contributed by atoms with Crippen molar-refractivity contribution in [3.63, 3.8) is 0 Å². The molecule has 1 aliphatic heterocycles. The molecule has 6 nitrogen and oxygen atoms in total. The van der Waals surface area contributed by atoms with Crippen LogP contribution in [0.4, 0.5) is 0 Å². The maximum Gasteiger partial charge on any atom is 0.261 e. The number of aromatic nitrogens is 1. The van der Waals surface area contributed by atoms with E-state index in [1.807, 2.05) is 0 Å². The number of aromatic amines is 1. The highest BCUT2D eigenvalue weighted by molar-refractivity contribution is 5.94. The van der Waals surface area contributed by atoms with Gasteiger partial charge in [-0.2, -0.15) is 0 Å². The van der Waals surface area contributed by atoms with Gasteiger partial charge in [-0.1, -0.05) is 6.42 Å². The summed E-state index contributed by atoms with van der Waals surface area (Å²) in [4.78, 5) is 27.9. The molecule has 2 aliphatic rings. The van der Waals surface area contributed by atoms with Crippen molar-refractivity contribution < 1.29 is 9.53 Å². The zero-order chi connectivity index (χ0) is 17.7. The maximum absolute atomic E-state index is 12.6. The normalized spacial score (nSPS) is 19.0. The van der Waals surface area contributed by atoms with Crippen LogP contribution in [0.2, 0.25) is 0 Å². The fourth-order valence-electron chi connectivity index (χ4n) is 4.02. The Bertz CT molecular complexity index is 663. The van der Waals surface area contributed by atoms with Crippen LogP contribution in [0.25, 0.3) is 0 Å². The number of piperidine rings is 1. The van der Waals surface area contributed by atoms with Gasteiger partial charge in [0.15, 0.2) is 0 Å². The molecule has 3 N–H and O–H groups in total. The molecule has 7 heteroatoms. The topological polar surface area (TPSA) is 83.2 Å². The molecule has 0 unspecified atom stereocenters. The average molecular weight is 384 g/mol. The van der Waals surface area contributed by atoms with Crippen molar-refractivity contribution >= 4 is 18.3 Å². The predicted octanol–water partition coefficient (Wildman–Crippen LogP) is 1.81. The molecule has 0 aromatic carbocycles. The lowest BCUT2D eigenvalue weighted by molar-refractivity contribution is 0.0511. The summed E-state index contributed by atoms with van der Waals surface area (Å²) >= 11 is 0. The lowest BCUT2D eigenvalue weighted by Gasteiger charge is -2.37. The quantitative estimate of drug-likeness (QED) is 0.677. The number of H-pyrrole nitrogens is 1. The van der Waals surface area contributed by atoms with Crippen molar-refractivity contribution in [3.05, 3.63) is 33.2 Å². The Morgan fingerprint density at radius 2 is 1.96 bits per heavy atom. The summed E-state index contributed by atoms with van der Waals surface area (Å²) in [5, 5.41) is 6.33. The first-order chi connectivity index (χ1) is 12.1. The molecule has 0 radical (unpaired) electrons. The number of halogens is 1. The van der Waals surface area contributed by atoms with Gasteiger partial charge in [0.2, 0.25) is 0 Å². The number of pyridine rings is 1. The average Bonchev–Trinajstić information content (AvgIpc) is 2.85. The van der Waals surface area contributed by atoms with Crippen LogP contribution in [0, 0.1) is 5.41 Å². The van der Waals surface area contributed by atoms with Gasteiger partial charge in [0.05, 0.1) is 6.61 Å². The van der Waals surface area contributed by atoms with Gasteiger partial charge >= 0.3 is 0 Å². The molecule has 1 amide bonds. The van der Waals surface area contributed by atoms with Crippen LogP contribution < -0.4 is 16.2 Å². The lowest BCUT2D eigenvalue weighted by Crippen LogP contribution is -2.47. The molecule has 1 aromatic heterocycles. The third-order valence-electron chi connectivity index (χ3n) is 5.57. The third-order valence-corrected chi connectivity index (χ3v) is 5.57. The van der Waals surface area contributed by atoms with Gasteiger partial charge in [-0.25, -0.2) is 0 Å². The summed E-state index contributed by atoms with van der Waals surface area (Å²) in [6, 6.07) is 1.81. The summed E-state index contributed by atoms with van der Waals surface area (Å²) in [6.45, 7) is 3.02. The van der Waals surface area contributed by atoms with E-state index < -0.39 is 0 Å². The van der Waals surface area contributed by atoms with Crippen molar-refractivity contribution in [2.75, 3.05) is 33.4 Å². The third kappa shape index (κ3) is 4.87. The summed E-state index contributed by atoms with van der Waals surface area (Å²) in [7, 11) is 1.70. The molecule has 1 aromatic rings.